The van der Waals surface area contributed by atoms with Crippen LogP contribution >= 0.6 is 11.3 Å². The van der Waals surface area contributed by atoms with Crippen LogP contribution in [0.4, 0.5) is 0 Å². The van der Waals surface area contributed by atoms with Crippen LogP contribution in [0.25, 0.3) is 6.08 Å². The lowest BCUT2D eigenvalue weighted by atomic mass is 9.74. The number of carbonyl (C=O) groups is 1. The quantitative estimate of drug-likeness (QED) is 0.413. The molecule has 2 heterocycles. The number of aliphatic hydroxyl groups is 2. The fourth-order valence-electron chi connectivity index (χ4n) is 4.32. The number of esters is 1. The summed E-state index contributed by atoms with van der Waals surface area (Å²) in [6.07, 6.45) is 8.32. The Morgan fingerprint density at radius 2 is 1.97 bits per heavy atom. The molecule has 0 saturated heterocycles. The number of cyclic esters (lactones) is 1. The molecule has 1 aromatic rings. The molecule has 0 aliphatic carbocycles. The van der Waals surface area contributed by atoms with Gasteiger partial charge in [-0.25, -0.2) is 4.98 Å². The van der Waals surface area contributed by atoms with Gasteiger partial charge in [0.25, 0.3) is 0 Å². The van der Waals surface area contributed by atoms with Gasteiger partial charge in [0.1, 0.15) is 6.10 Å². The molecule has 1 aromatic heterocycles. The summed E-state index contributed by atoms with van der Waals surface area (Å²) in [7, 11) is 0. The maximum atomic E-state index is 12.8. The van der Waals surface area contributed by atoms with Gasteiger partial charge in [-0.15, -0.1) is 11.3 Å². The molecule has 1 unspecified atom stereocenters. The van der Waals surface area contributed by atoms with Crippen molar-refractivity contribution < 1.29 is 19.7 Å². The number of ether oxygens (including phenoxy) is 1. The maximum Gasteiger partial charge on any atom is 0.309 e. The maximum absolute atomic E-state index is 12.8. The first-order valence-electron chi connectivity index (χ1n) is 11.9. The summed E-state index contributed by atoms with van der Waals surface area (Å²) < 4.78 is 5.87. The highest BCUT2D eigenvalue weighted by Gasteiger charge is 2.34. The lowest BCUT2D eigenvalue weighted by Crippen LogP contribution is -2.37. The second kappa shape index (κ2) is 12.1. The molecule has 6 heteroatoms. The highest BCUT2D eigenvalue weighted by Crippen LogP contribution is 2.34. The van der Waals surface area contributed by atoms with Gasteiger partial charge in [0.2, 0.25) is 0 Å². The van der Waals surface area contributed by atoms with E-state index in [0.29, 0.717) is 12.8 Å². The predicted octanol–water partition coefficient (Wildman–Crippen LogP) is 5.86. The van der Waals surface area contributed by atoms with Crippen molar-refractivity contribution in [1.29, 1.82) is 0 Å². The van der Waals surface area contributed by atoms with Crippen LogP contribution in [0.3, 0.4) is 0 Å². The third-order valence-electron chi connectivity index (χ3n) is 6.59. The van der Waals surface area contributed by atoms with Gasteiger partial charge >= 0.3 is 5.97 Å². The van der Waals surface area contributed by atoms with Crippen LogP contribution in [-0.2, 0) is 9.53 Å². The van der Waals surface area contributed by atoms with E-state index in [4.69, 9.17) is 4.74 Å². The van der Waals surface area contributed by atoms with Crippen molar-refractivity contribution in [3.05, 3.63) is 45.5 Å². The Bertz CT molecular complexity index is 882. The van der Waals surface area contributed by atoms with Crippen LogP contribution in [0.15, 0.2) is 34.8 Å². The van der Waals surface area contributed by atoms with E-state index in [1.807, 2.05) is 53.0 Å². The summed E-state index contributed by atoms with van der Waals surface area (Å²) in [6.45, 7) is 13.9. The first-order valence-corrected chi connectivity index (χ1v) is 12.7. The number of carbonyl (C=O) groups excluding carboxylic acids is 1. The zero-order valence-electron chi connectivity index (χ0n) is 21.2. The van der Waals surface area contributed by atoms with Crippen molar-refractivity contribution >= 4 is 23.4 Å². The van der Waals surface area contributed by atoms with Gasteiger partial charge in [-0.3, -0.25) is 4.79 Å². The molecule has 2 rings (SSSR count). The number of rotatable bonds is 2. The average molecular weight is 476 g/mol. The Balaban J connectivity index is 2.31. The van der Waals surface area contributed by atoms with Gasteiger partial charge < -0.3 is 14.9 Å². The molecule has 0 radical (unpaired) electrons. The number of nitrogens with zero attached hydrogens (tertiary/aromatic N) is 1. The fourth-order valence-corrected chi connectivity index (χ4v) is 4.89. The van der Waals surface area contributed by atoms with E-state index >= 15 is 0 Å². The summed E-state index contributed by atoms with van der Waals surface area (Å²) >= 11 is 1.59. The Morgan fingerprint density at radius 1 is 1.27 bits per heavy atom. The molecule has 33 heavy (non-hydrogen) atoms. The van der Waals surface area contributed by atoms with Crippen molar-refractivity contribution in [3.63, 3.8) is 0 Å². The molecule has 2 N–H and O–H groups in total. The van der Waals surface area contributed by atoms with Gasteiger partial charge in [0.15, 0.2) is 0 Å². The third-order valence-corrected chi connectivity index (χ3v) is 7.38. The van der Waals surface area contributed by atoms with Crippen molar-refractivity contribution in [2.45, 2.75) is 92.5 Å². The van der Waals surface area contributed by atoms with E-state index in [9.17, 15) is 15.0 Å². The molecule has 0 amide bonds. The van der Waals surface area contributed by atoms with Gasteiger partial charge in [-0.2, -0.15) is 0 Å². The highest BCUT2D eigenvalue weighted by atomic mass is 32.1. The molecule has 0 aromatic carbocycles. The van der Waals surface area contributed by atoms with Gasteiger partial charge in [0.05, 0.1) is 29.3 Å². The number of aromatic nitrogens is 1. The summed E-state index contributed by atoms with van der Waals surface area (Å²) in [5, 5.41) is 24.6. The minimum Gasteiger partial charge on any atom is -0.457 e. The third kappa shape index (κ3) is 8.51. The molecule has 0 spiro atoms. The Labute approximate surface area is 203 Å². The van der Waals surface area contributed by atoms with Crippen LogP contribution in [0, 0.1) is 24.2 Å². The van der Waals surface area contributed by atoms with E-state index in [-0.39, 0.29) is 18.3 Å². The van der Waals surface area contributed by atoms with Crippen LogP contribution in [0.5, 0.6) is 0 Å². The Morgan fingerprint density at radius 3 is 2.61 bits per heavy atom. The minimum absolute atomic E-state index is 0.0121. The van der Waals surface area contributed by atoms with Crippen molar-refractivity contribution in [2.24, 2.45) is 17.3 Å². The first kappa shape index (κ1) is 27.5. The van der Waals surface area contributed by atoms with Gasteiger partial charge in [-0.1, -0.05) is 51.5 Å². The first-order chi connectivity index (χ1) is 15.4. The lowest BCUT2D eigenvalue weighted by molar-refractivity contribution is -0.151. The molecular weight excluding hydrogens is 434 g/mol. The summed E-state index contributed by atoms with van der Waals surface area (Å²) in [5.74, 6) is -0.421. The van der Waals surface area contributed by atoms with E-state index in [1.54, 1.807) is 11.3 Å². The predicted molar refractivity (Wildman–Crippen MR) is 136 cm³/mol. The SMILES string of the molecule is C/C1=C/CC(/C(C)=C/c2csc(C)n2)OC(=O)C[C@H](O)C(C)(C)C[C@@H](C)[C@H](O)[C@@H](C)/C=C\C1. The topological polar surface area (TPSA) is 79.7 Å². The summed E-state index contributed by atoms with van der Waals surface area (Å²) in [6, 6.07) is 0. The number of hydrogen-bond donors (Lipinski definition) is 2. The van der Waals surface area contributed by atoms with E-state index in [2.05, 4.69) is 30.1 Å². The fraction of sp³-hybridized carbons (Fsp3) is 0.630. The molecule has 0 saturated carbocycles. The van der Waals surface area contributed by atoms with Crippen molar-refractivity contribution in [1.82, 2.24) is 4.98 Å². The van der Waals surface area contributed by atoms with Gasteiger partial charge in [0, 0.05) is 17.7 Å². The molecule has 184 valence electrons. The van der Waals surface area contributed by atoms with Crippen LogP contribution < -0.4 is 0 Å². The summed E-state index contributed by atoms with van der Waals surface area (Å²) in [5.41, 5.74) is 2.43. The van der Waals surface area contributed by atoms with E-state index < -0.39 is 29.7 Å². The second-order valence-corrected chi connectivity index (χ2v) is 11.4. The minimum atomic E-state index is -0.859. The van der Waals surface area contributed by atoms with Gasteiger partial charge in [-0.05, 0) is 56.6 Å². The van der Waals surface area contributed by atoms with Crippen LogP contribution in [0.1, 0.15) is 77.9 Å². The molecular formula is C27H41NO4S. The highest BCUT2D eigenvalue weighted by molar-refractivity contribution is 7.09. The Hall–Kier alpha value is -1.76. The molecule has 0 fully saturated rings. The van der Waals surface area contributed by atoms with Crippen LogP contribution in [-0.4, -0.2) is 39.5 Å². The monoisotopic (exact) mass is 475 g/mol. The van der Waals surface area contributed by atoms with Crippen molar-refractivity contribution in [3.8, 4) is 0 Å². The van der Waals surface area contributed by atoms with Crippen molar-refractivity contribution in [2.75, 3.05) is 0 Å². The molecule has 1 aliphatic heterocycles. The second-order valence-electron chi connectivity index (χ2n) is 10.3. The zero-order valence-corrected chi connectivity index (χ0v) is 22.0. The van der Waals surface area contributed by atoms with E-state index in [0.717, 1.165) is 22.7 Å². The number of hydrogen-bond acceptors (Lipinski definition) is 6. The Kier molecular flexibility index (Phi) is 10.1. The van der Waals surface area contributed by atoms with E-state index in [1.165, 1.54) is 5.57 Å². The zero-order chi connectivity index (χ0) is 24.8. The number of aryl methyl sites for hydroxylation is 1. The standard InChI is InChI=1S/C27H41NO4S/c1-17-9-8-10-18(2)26(31)20(4)15-27(6,7)24(29)14-25(30)32-23(12-11-17)19(3)13-22-16-33-21(5)28-22/h8,10-11,13,16,18,20,23-24,26,29,31H,9,12,14-15H2,1-7H3/b10-8-,17-11-,19-13+/t18-,20+,23?,24-,26+/m0/s1. The molecule has 5 atom stereocenters. The smallest absolute Gasteiger partial charge is 0.309 e. The largest absolute Gasteiger partial charge is 0.457 e. The number of aliphatic hydroxyl groups excluding tert-OH is 2. The number of allylic oxidation sites excluding steroid dienone is 2. The lowest BCUT2D eigenvalue weighted by Gasteiger charge is -2.35. The molecule has 0 bridgehead atoms. The normalized spacial score (nSPS) is 33.1. The molecule has 5 nitrogen and oxygen atoms in total. The summed E-state index contributed by atoms with van der Waals surface area (Å²) in [4.78, 5) is 17.3. The molecule has 1 aliphatic rings. The van der Waals surface area contributed by atoms with Crippen LogP contribution in [0.2, 0.25) is 0 Å². The number of thiazole rings is 1. The average Bonchev–Trinajstić information content (AvgIpc) is 3.13.